The van der Waals surface area contributed by atoms with Crippen molar-refractivity contribution in [1.82, 2.24) is 5.43 Å². The number of amides is 1. The summed E-state index contributed by atoms with van der Waals surface area (Å²) in [5.41, 5.74) is 1.77. The predicted octanol–water partition coefficient (Wildman–Crippen LogP) is 2.40. The maximum absolute atomic E-state index is 13.3. The summed E-state index contributed by atoms with van der Waals surface area (Å²) in [5, 5.41) is 14.3. The summed E-state index contributed by atoms with van der Waals surface area (Å²) in [7, 11) is 0. The number of benzene rings is 2. The predicted molar refractivity (Wildman–Crippen MR) is 80.7 cm³/mol. The lowest BCUT2D eigenvalue weighted by Crippen LogP contribution is -2.24. The summed E-state index contributed by atoms with van der Waals surface area (Å²) in [6, 6.07) is 8.46. The number of ether oxygens (including phenoxy) is 1. The van der Waals surface area contributed by atoms with Gasteiger partial charge in [-0.2, -0.15) is 5.10 Å². The molecule has 0 heterocycles. The number of para-hydroxylation sites is 2. The third-order valence-corrected chi connectivity index (χ3v) is 2.78. The second-order valence-electron chi connectivity index (χ2n) is 4.47. The normalized spacial score (nSPS) is 10.6. The maximum Gasteiger partial charge on any atom is 0.310 e. The van der Waals surface area contributed by atoms with E-state index in [9.17, 15) is 23.7 Å². The van der Waals surface area contributed by atoms with Crippen LogP contribution in [-0.2, 0) is 4.79 Å². The molecule has 0 aliphatic heterocycles. The Morgan fingerprint density at radius 2 is 2.04 bits per heavy atom. The fourth-order valence-corrected chi connectivity index (χ4v) is 1.69. The SMILES string of the molecule is O=C(COc1ccccc1[N+](=O)[O-])N/N=C\c1ccc(F)cc1F. The summed E-state index contributed by atoms with van der Waals surface area (Å²) in [5.74, 6) is -2.33. The maximum atomic E-state index is 13.3. The van der Waals surface area contributed by atoms with Gasteiger partial charge >= 0.3 is 5.69 Å². The van der Waals surface area contributed by atoms with Crippen molar-refractivity contribution in [3.63, 3.8) is 0 Å². The standard InChI is InChI=1S/C15H11F2N3O4/c16-11-6-5-10(12(17)7-11)8-18-19-15(21)9-24-14-4-2-1-3-13(14)20(22)23/h1-8H,9H2,(H,19,21)/b18-8-. The van der Waals surface area contributed by atoms with Gasteiger partial charge in [-0.3, -0.25) is 14.9 Å². The number of hydrogen-bond donors (Lipinski definition) is 1. The average molecular weight is 335 g/mol. The molecule has 1 amide bonds. The van der Waals surface area contributed by atoms with Gasteiger partial charge in [0.15, 0.2) is 12.4 Å². The van der Waals surface area contributed by atoms with Crippen molar-refractivity contribution < 1.29 is 23.2 Å². The minimum absolute atomic E-state index is 0.0173. The molecule has 0 saturated heterocycles. The molecule has 24 heavy (non-hydrogen) atoms. The van der Waals surface area contributed by atoms with Gasteiger partial charge < -0.3 is 4.74 Å². The monoisotopic (exact) mass is 335 g/mol. The van der Waals surface area contributed by atoms with Crippen molar-refractivity contribution in [2.24, 2.45) is 5.10 Å². The molecule has 1 N–H and O–H groups in total. The number of nitro groups is 1. The molecule has 0 fully saturated rings. The van der Waals surface area contributed by atoms with Crippen LogP contribution in [0.25, 0.3) is 0 Å². The first-order chi connectivity index (χ1) is 11.5. The van der Waals surface area contributed by atoms with E-state index in [1.165, 1.54) is 24.3 Å². The van der Waals surface area contributed by atoms with Gasteiger partial charge in [0, 0.05) is 17.7 Å². The van der Waals surface area contributed by atoms with Crippen LogP contribution in [0.15, 0.2) is 47.6 Å². The van der Waals surface area contributed by atoms with Gasteiger partial charge in [-0.25, -0.2) is 14.2 Å². The lowest BCUT2D eigenvalue weighted by atomic mass is 10.2. The van der Waals surface area contributed by atoms with Crippen molar-refractivity contribution in [2.45, 2.75) is 0 Å². The van der Waals surface area contributed by atoms with E-state index < -0.39 is 29.1 Å². The van der Waals surface area contributed by atoms with Crippen molar-refractivity contribution in [1.29, 1.82) is 0 Å². The Morgan fingerprint density at radius 1 is 1.29 bits per heavy atom. The summed E-state index contributed by atoms with van der Waals surface area (Å²) >= 11 is 0. The molecule has 0 spiro atoms. The van der Waals surface area contributed by atoms with Gasteiger partial charge in [0.05, 0.1) is 11.1 Å². The molecular formula is C15H11F2N3O4. The van der Waals surface area contributed by atoms with Gasteiger partial charge in [0.25, 0.3) is 5.91 Å². The third kappa shape index (κ3) is 4.57. The molecule has 124 valence electrons. The molecule has 2 rings (SSSR count). The van der Waals surface area contributed by atoms with Gasteiger partial charge in [0.2, 0.25) is 0 Å². The zero-order valence-corrected chi connectivity index (χ0v) is 12.1. The molecule has 2 aromatic carbocycles. The number of hydrogen-bond acceptors (Lipinski definition) is 5. The van der Waals surface area contributed by atoms with E-state index in [-0.39, 0.29) is 17.0 Å². The largest absolute Gasteiger partial charge is 0.477 e. The van der Waals surface area contributed by atoms with Crippen LogP contribution in [0.4, 0.5) is 14.5 Å². The highest BCUT2D eigenvalue weighted by Crippen LogP contribution is 2.25. The van der Waals surface area contributed by atoms with E-state index in [1.54, 1.807) is 0 Å². The summed E-state index contributed by atoms with van der Waals surface area (Å²) in [4.78, 5) is 21.7. The number of nitrogens with zero attached hydrogens (tertiary/aromatic N) is 2. The lowest BCUT2D eigenvalue weighted by molar-refractivity contribution is -0.385. The fourth-order valence-electron chi connectivity index (χ4n) is 1.69. The zero-order chi connectivity index (χ0) is 17.5. The quantitative estimate of drug-likeness (QED) is 0.498. The van der Waals surface area contributed by atoms with Gasteiger partial charge in [-0.1, -0.05) is 12.1 Å². The Balaban J connectivity index is 1.90. The van der Waals surface area contributed by atoms with Crippen LogP contribution >= 0.6 is 0 Å². The molecule has 0 unspecified atom stereocenters. The van der Waals surface area contributed by atoms with E-state index in [1.807, 2.05) is 0 Å². The third-order valence-electron chi connectivity index (χ3n) is 2.78. The van der Waals surface area contributed by atoms with Gasteiger partial charge in [-0.05, 0) is 18.2 Å². The minimum Gasteiger partial charge on any atom is -0.477 e. The first-order valence-corrected chi connectivity index (χ1v) is 6.60. The first-order valence-electron chi connectivity index (χ1n) is 6.60. The summed E-state index contributed by atoms with van der Waals surface area (Å²) in [6.07, 6.45) is 0.998. The van der Waals surface area contributed by atoms with Crippen molar-refractivity contribution >= 4 is 17.8 Å². The van der Waals surface area contributed by atoms with Gasteiger partial charge in [-0.15, -0.1) is 0 Å². The van der Waals surface area contributed by atoms with Crippen LogP contribution in [0, 0.1) is 21.7 Å². The molecule has 0 bridgehead atoms. The molecule has 9 heteroatoms. The van der Waals surface area contributed by atoms with E-state index in [0.29, 0.717) is 6.07 Å². The van der Waals surface area contributed by atoms with Crippen molar-refractivity contribution in [3.8, 4) is 5.75 Å². The average Bonchev–Trinajstić information content (AvgIpc) is 2.55. The Labute approximate surface area is 134 Å². The van der Waals surface area contributed by atoms with Crippen molar-refractivity contribution in [2.75, 3.05) is 6.61 Å². The Kier molecular flexibility index (Phi) is 5.50. The highest BCUT2D eigenvalue weighted by molar-refractivity contribution is 5.83. The highest BCUT2D eigenvalue weighted by atomic mass is 19.1. The second-order valence-corrected chi connectivity index (χ2v) is 4.47. The first kappa shape index (κ1) is 17.0. The molecular weight excluding hydrogens is 324 g/mol. The number of carbonyl (C=O) groups excluding carboxylic acids is 1. The molecule has 0 atom stereocenters. The molecule has 0 saturated carbocycles. The van der Waals surface area contributed by atoms with Crippen molar-refractivity contribution in [3.05, 3.63) is 69.8 Å². The van der Waals surface area contributed by atoms with Crippen LogP contribution in [0.5, 0.6) is 5.75 Å². The second kappa shape index (κ2) is 7.77. The topological polar surface area (TPSA) is 93.8 Å². The number of hydrazone groups is 1. The number of nitro benzene ring substituents is 1. The smallest absolute Gasteiger partial charge is 0.310 e. The van der Waals surface area contributed by atoms with Crippen LogP contribution in [0.3, 0.4) is 0 Å². The summed E-state index contributed by atoms with van der Waals surface area (Å²) < 4.78 is 31.1. The van der Waals surface area contributed by atoms with E-state index in [2.05, 4.69) is 10.5 Å². The van der Waals surface area contributed by atoms with Crippen LogP contribution in [0.2, 0.25) is 0 Å². The Bertz CT molecular complexity index is 796. The van der Waals surface area contributed by atoms with E-state index in [0.717, 1.165) is 18.3 Å². The molecule has 0 aromatic heterocycles. The minimum atomic E-state index is -0.829. The fraction of sp³-hybridized carbons (Fsp3) is 0.0667. The lowest BCUT2D eigenvalue weighted by Gasteiger charge is -2.05. The molecule has 0 aliphatic carbocycles. The molecule has 2 aromatic rings. The van der Waals surface area contributed by atoms with Crippen LogP contribution in [0.1, 0.15) is 5.56 Å². The van der Waals surface area contributed by atoms with Crippen LogP contribution < -0.4 is 10.2 Å². The number of carbonyl (C=O) groups is 1. The highest BCUT2D eigenvalue weighted by Gasteiger charge is 2.14. The number of nitrogens with one attached hydrogen (secondary N) is 1. The van der Waals surface area contributed by atoms with Gasteiger partial charge in [0.1, 0.15) is 11.6 Å². The molecule has 0 aliphatic rings. The zero-order valence-electron chi connectivity index (χ0n) is 12.1. The molecule has 0 radical (unpaired) electrons. The summed E-state index contributed by atoms with van der Waals surface area (Å²) in [6.45, 7) is -0.520. The molecule has 7 nitrogen and oxygen atoms in total. The van der Waals surface area contributed by atoms with E-state index in [4.69, 9.17) is 4.74 Å². The van der Waals surface area contributed by atoms with Crippen LogP contribution in [-0.4, -0.2) is 23.7 Å². The number of rotatable bonds is 6. The van der Waals surface area contributed by atoms with E-state index >= 15 is 0 Å². The Morgan fingerprint density at radius 3 is 2.75 bits per heavy atom. The number of halogens is 2. The Hall–Kier alpha value is -3.36.